The van der Waals surface area contributed by atoms with Crippen LogP contribution >= 0.6 is 0 Å². The summed E-state index contributed by atoms with van der Waals surface area (Å²) in [5.74, 6) is -1.18. The predicted molar refractivity (Wildman–Crippen MR) is 169 cm³/mol. The molecule has 0 spiro atoms. The second kappa shape index (κ2) is 12.3. The van der Waals surface area contributed by atoms with Crippen LogP contribution in [0.25, 0.3) is 0 Å². The molecule has 0 aromatic heterocycles. The van der Waals surface area contributed by atoms with Crippen molar-refractivity contribution in [3.63, 3.8) is 0 Å². The number of aliphatic carboxylic acids is 1. The first kappa shape index (κ1) is 32.2. The van der Waals surface area contributed by atoms with Gasteiger partial charge in [0, 0.05) is 46.9 Å². The van der Waals surface area contributed by atoms with E-state index in [2.05, 4.69) is 6.58 Å². The Morgan fingerprint density at radius 3 is 2.07 bits per heavy atom. The molecular weight excluding hydrogens is 573 g/mol. The Kier molecular flexibility index (Phi) is 8.80. The Hall–Kier alpha value is -4.20. The summed E-state index contributed by atoms with van der Waals surface area (Å²) in [6.45, 7) is 14.1. The van der Waals surface area contributed by atoms with E-state index in [1.165, 1.54) is 12.1 Å². The van der Waals surface area contributed by atoms with Crippen LogP contribution < -0.4 is 9.47 Å². The second-order valence-electron chi connectivity index (χ2n) is 13.9. The fraction of sp³-hybridized carbons (Fsp3) is 0.432. The summed E-state index contributed by atoms with van der Waals surface area (Å²) < 4.78 is 25.9. The van der Waals surface area contributed by atoms with Crippen molar-refractivity contribution < 1.29 is 33.4 Å². The molecule has 0 bridgehead atoms. The summed E-state index contributed by atoms with van der Waals surface area (Å²) in [5.41, 5.74) is 3.91. The smallest absolute Gasteiger partial charge is 0.323 e. The van der Waals surface area contributed by atoms with Gasteiger partial charge in [-0.15, -0.1) is 6.58 Å². The van der Waals surface area contributed by atoms with Gasteiger partial charge in [-0.3, -0.25) is 14.4 Å². The maximum atomic E-state index is 14.1. The minimum Gasteiger partial charge on any atom is -0.490 e. The summed E-state index contributed by atoms with van der Waals surface area (Å²) in [7, 11) is 0. The number of carboxylic acids is 1. The van der Waals surface area contributed by atoms with Crippen molar-refractivity contribution in [2.75, 3.05) is 13.2 Å². The fourth-order valence-electron chi connectivity index (χ4n) is 7.03. The Morgan fingerprint density at radius 2 is 1.56 bits per heavy atom. The van der Waals surface area contributed by atoms with Crippen LogP contribution in [-0.4, -0.2) is 40.7 Å². The number of carbonyl (C=O) groups excluding carboxylic acids is 2. The third-order valence-electron chi connectivity index (χ3n) is 8.76. The number of nitrogens with zero attached hydrogens (tertiary/aromatic N) is 1. The Balaban J connectivity index is 1.72. The highest BCUT2D eigenvalue weighted by atomic mass is 19.1. The molecule has 1 N–H and O–H groups in total. The van der Waals surface area contributed by atoms with Gasteiger partial charge in [-0.05, 0) is 66.3 Å². The number of Topliss-reactive ketones (excluding diaryl/α,β-unsaturated/α-hetero) is 2. The highest BCUT2D eigenvalue weighted by molar-refractivity contribution is 6.07. The fourth-order valence-corrected chi connectivity index (χ4v) is 7.03. The van der Waals surface area contributed by atoms with Gasteiger partial charge in [0.25, 0.3) is 0 Å². The van der Waals surface area contributed by atoms with Crippen molar-refractivity contribution in [3.05, 3.63) is 94.1 Å². The number of carbonyl (C=O) groups is 3. The highest BCUT2D eigenvalue weighted by Crippen LogP contribution is 2.55. The van der Waals surface area contributed by atoms with E-state index in [1.807, 2.05) is 46.8 Å². The Labute approximate surface area is 264 Å². The normalized spacial score (nSPS) is 19.3. The minimum atomic E-state index is -1.02. The van der Waals surface area contributed by atoms with Gasteiger partial charge >= 0.3 is 5.97 Å². The maximum Gasteiger partial charge on any atom is 0.323 e. The SMILES string of the molecule is C=CCc1cc(C2C3=C(CC(C)(C)CC3=O)N(CC(=O)O)C3=C2C(=O)CC(C)(C)C3)cc(OCC)c1OCc1ccc(F)cc1. The number of benzene rings is 2. The molecule has 238 valence electrons. The molecule has 2 aromatic rings. The molecule has 2 aliphatic carbocycles. The van der Waals surface area contributed by atoms with Gasteiger partial charge in [-0.1, -0.05) is 52.0 Å². The van der Waals surface area contributed by atoms with Crippen molar-refractivity contribution in [2.45, 2.75) is 79.2 Å². The van der Waals surface area contributed by atoms with Gasteiger partial charge in [-0.2, -0.15) is 0 Å². The van der Waals surface area contributed by atoms with E-state index < -0.39 is 11.9 Å². The van der Waals surface area contributed by atoms with E-state index in [0.29, 0.717) is 72.8 Å². The topological polar surface area (TPSA) is 93.1 Å². The zero-order chi connectivity index (χ0) is 32.7. The van der Waals surface area contributed by atoms with E-state index in [1.54, 1.807) is 23.1 Å². The van der Waals surface area contributed by atoms with Gasteiger partial charge < -0.3 is 19.5 Å². The van der Waals surface area contributed by atoms with Gasteiger partial charge in [0.2, 0.25) is 0 Å². The molecule has 0 amide bonds. The summed E-state index contributed by atoms with van der Waals surface area (Å²) in [6, 6.07) is 9.90. The standard InChI is InChI=1S/C37H42FNO6/c1-7-9-23-14-24(15-30(44-8-2)35(23)45-21-22-10-12-25(38)13-11-22)32-33-26(16-36(3,4)18-28(33)40)39(20-31(42)43)27-17-37(5,6)19-29(41)34(27)32/h7,10-15,32H,1,8-9,16-21H2,2-6H3,(H,42,43). The quantitative estimate of drug-likeness (QED) is 0.280. The van der Waals surface area contributed by atoms with Crippen LogP contribution in [0.2, 0.25) is 0 Å². The lowest BCUT2D eigenvalue weighted by Crippen LogP contribution is -2.45. The molecule has 0 saturated carbocycles. The zero-order valence-electron chi connectivity index (χ0n) is 26.8. The van der Waals surface area contributed by atoms with Crippen molar-refractivity contribution in [2.24, 2.45) is 10.8 Å². The lowest BCUT2D eigenvalue weighted by atomic mass is 9.63. The molecule has 1 aliphatic heterocycles. The van der Waals surface area contributed by atoms with Crippen molar-refractivity contribution in [1.82, 2.24) is 4.90 Å². The van der Waals surface area contributed by atoms with Crippen LogP contribution in [0.3, 0.4) is 0 Å². The number of carboxylic acid groups (broad SMARTS) is 1. The first-order valence-electron chi connectivity index (χ1n) is 15.5. The molecular formula is C37H42FNO6. The first-order chi connectivity index (χ1) is 21.2. The number of halogens is 1. The molecule has 2 aromatic carbocycles. The lowest BCUT2D eigenvalue weighted by molar-refractivity contribution is -0.138. The van der Waals surface area contributed by atoms with E-state index in [4.69, 9.17) is 9.47 Å². The zero-order valence-corrected chi connectivity index (χ0v) is 26.8. The lowest BCUT2D eigenvalue weighted by Gasteiger charge is -2.48. The number of ether oxygens (including phenoxy) is 2. The molecule has 0 radical (unpaired) electrons. The van der Waals surface area contributed by atoms with Gasteiger partial charge in [-0.25, -0.2) is 4.39 Å². The van der Waals surface area contributed by atoms with Crippen LogP contribution in [-0.2, 0) is 27.4 Å². The van der Waals surface area contributed by atoms with Gasteiger partial charge in [0.1, 0.15) is 19.0 Å². The highest BCUT2D eigenvalue weighted by Gasteiger charge is 2.49. The van der Waals surface area contributed by atoms with E-state index in [-0.39, 0.29) is 41.4 Å². The molecule has 0 atom stereocenters. The van der Waals surface area contributed by atoms with Crippen LogP contribution in [0.15, 0.2) is 71.6 Å². The van der Waals surface area contributed by atoms with Gasteiger partial charge in [0.15, 0.2) is 23.1 Å². The summed E-state index contributed by atoms with van der Waals surface area (Å²) >= 11 is 0. The third kappa shape index (κ3) is 6.60. The molecule has 1 heterocycles. The first-order valence-corrected chi connectivity index (χ1v) is 15.5. The van der Waals surface area contributed by atoms with Crippen molar-refractivity contribution in [3.8, 4) is 11.5 Å². The third-order valence-corrected chi connectivity index (χ3v) is 8.76. The summed E-state index contributed by atoms with van der Waals surface area (Å²) in [5, 5.41) is 9.97. The molecule has 7 nitrogen and oxygen atoms in total. The van der Waals surface area contributed by atoms with Crippen LogP contribution in [0.1, 0.15) is 82.9 Å². The summed E-state index contributed by atoms with van der Waals surface area (Å²) in [4.78, 5) is 42.1. The van der Waals surface area contributed by atoms with Gasteiger partial charge in [0.05, 0.1) is 6.61 Å². The number of rotatable bonds is 10. The monoisotopic (exact) mass is 615 g/mol. The average Bonchev–Trinajstić information content (AvgIpc) is 2.93. The van der Waals surface area contributed by atoms with Crippen LogP contribution in [0.4, 0.5) is 4.39 Å². The Morgan fingerprint density at radius 1 is 0.978 bits per heavy atom. The van der Waals surface area contributed by atoms with Crippen LogP contribution in [0.5, 0.6) is 11.5 Å². The molecule has 0 unspecified atom stereocenters. The van der Waals surface area contributed by atoms with E-state index >= 15 is 0 Å². The average molecular weight is 616 g/mol. The molecule has 45 heavy (non-hydrogen) atoms. The predicted octanol–water partition coefficient (Wildman–Crippen LogP) is 7.30. The number of hydrogen-bond acceptors (Lipinski definition) is 6. The van der Waals surface area contributed by atoms with Crippen molar-refractivity contribution >= 4 is 17.5 Å². The number of hydrogen-bond donors (Lipinski definition) is 1. The van der Waals surface area contributed by atoms with Crippen molar-refractivity contribution in [1.29, 1.82) is 0 Å². The number of allylic oxidation sites excluding steroid dienone is 5. The second-order valence-corrected chi connectivity index (χ2v) is 13.9. The van der Waals surface area contributed by atoms with Crippen LogP contribution in [0, 0.1) is 16.6 Å². The van der Waals surface area contributed by atoms with E-state index in [9.17, 15) is 23.9 Å². The molecule has 3 aliphatic rings. The number of ketones is 2. The molecule has 8 heteroatoms. The Bertz CT molecular complexity index is 1560. The summed E-state index contributed by atoms with van der Waals surface area (Å²) in [6.07, 6.45) is 3.81. The molecule has 5 rings (SSSR count). The molecule has 0 saturated heterocycles. The minimum absolute atomic E-state index is 0.0781. The maximum absolute atomic E-state index is 14.1. The molecule has 0 fully saturated rings. The van der Waals surface area contributed by atoms with E-state index in [0.717, 1.165) is 16.7 Å². The largest absolute Gasteiger partial charge is 0.490 e.